The average Bonchev–Trinajstić information content (AvgIpc) is 3.08. The van der Waals surface area contributed by atoms with Crippen molar-refractivity contribution in [1.82, 2.24) is 20.8 Å². The van der Waals surface area contributed by atoms with E-state index in [0.29, 0.717) is 35.8 Å². The van der Waals surface area contributed by atoms with Crippen LogP contribution in [0.1, 0.15) is 38.0 Å². The number of hydrogen-bond acceptors (Lipinski definition) is 5. The number of nitrogens with one attached hydrogen (secondary N) is 2. The fourth-order valence-corrected chi connectivity index (χ4v) is 2.45. The first kappa shape index (κ1) is 23.5. The van der Waals surface area contributed by atoms with Gasteiger partial charge in [-0.1, -0.05) is 43.6 Å². The summed E-state index contributed by atoms with van der Waals surface area (Å²) >= 11 is 6.26. The van der Waals surface area contributed by atoms with E-state index < -0.39 is 0 Å². The van der Waals surface area contributed by atoms with Gasteiger partial charge in [-0.05, 0) is 24.1 Å². The van der Waals surface area contributed by atoms with Gasteiger partial charge in [-0.25, -0.2) is 0 Å². The highest BCUT2D eigenvalue weighted by Crippen LogP contribution is 2.22. The molecule has 27 heavy (non-hydrogen) atoms. The van der Waals surface area contributed by atoms with E-state index >= 15 is 0 Å². The van der Waals surface area contributed by atoms with Crippen molar-refractivity contribution in [3.63, 3.8) is 0 Å². The molecule has 0 bridgehead atoms. The quantitative estimate of drug-likeness (QED) is 0.353. The van der Waals surface area contributed by atoms with Crippen molar-refractivity contribution in [2.24, 2.45) is 4.99 Å². The molecule has 1 aromatic heterocycles. The number of aliphatic imine (C=N–C) groups is 1. The molecule has 0 aliphatic heterocycles. The SMILES string of the molecule is CN=C(NCCc1ccc(OC)cc1Cl)NCc1noc(C(C)(C)C)n1.I. The van der Waals surface area contributed by atoms with Gasteiger partial charge in [-0.15, -0.1) is 24.0 Å². The van der Waals surface area contributed by atoms with Gasteiger partial charge in [0.05, 0.1) is 13.7 Å². The number of guanidine groups is 1. The summed E-state index contributed by atoms with van der Waals surface area (Å²) in [5, 5.41) is 11.1. The van der Waals surface area contributed by atoms with Crippen LogP contribution < -0.4 is 15.4 Å². The van der Waals surface area contributed by atoms with Gasteiger partial charge in [-0.2, -0.15) is 4.98 Å². The summed E-state index contributed by atoms with van der Waals surface area (Å²) in [6.45, 7) is 7.21. The van der Waals surface area contributed by atoms with E-state index in [4.69, 9.17) is 20.9 Å². The zero-order chi connectivity index (χ0) is 19.2. The number of halogens is 2. The van der Waals surface area contributed by atoms with Crippen LogP contribution in [0.15, 0.2) is 27.7 Å². The maximum atomic E-state index is 6.26. The first-order valence-corrected chi connectivity index (χ1v) is 8.81. The largest absolute Gasteiger partial charge is 0.497 e. The Bertz CT molecular complexity index is 758. The summed E-state index contributed by atoms with van der Waals surface area (Å²) in [7, 11) is 3.34. The molecule has 0 radical (unpaired) electrons. The van der Waals surface area contributed by atoms with Crippen molar-refractivity contribution in [3.05, 3.63) is 40.5 Å². The molecule has 0 saturated carbocycles. The van der Waals surface area contributed by atoms with Crippen molar-refractivity contribution >= 4 is 41.5 Å². The Morgan fingerprint density at radius 2 is 2.04 bits per heavy atom. The highest BCUT2D eigenvalue weighted by molar-refractivity contribution is 14.0. The lowest BCUT2D eigenvalue weighted by Gasteiger charge is -2.12. The molecule has 0 amide bonds. The predicted octanol–water partition coefficient (Wildman–Crippen LogP) is 3.55. The molecule has 0 aliphatic rings. The maximum absolute atomic E-state index is 6.26. The van der Waals surface area contributed by atoms with E-state index in [2.05, 4.69) is 25.8 Å². The van der Waals surface area contributed by atoms with Crippen LogP contribution in [0.25, 0.3) is 0 Å². The van der Waals surface area contributed by atoms with Crippen molar-refractivity contribution in [1.29, 1.82) is 0 Å². The van der Waals surface area contributed by atoms with E-state index in [0.717, 1.165) is 17.7 Å². The van der Waals surface area contributed by atoms with Crippen LogP contribution in [0.3, 0.4) is 0 Å². The van der Waals surface area contributed by atoms with Crippen molar-refractivity contribution in [2.75, 3.05) is 20.7 Å². The minimum Gasteiger partial charge on any atom is -0.497 e. The van der Waals surface area contributed by atoms with E-state index in [9.17, 15) is 0 Å². The van der Waals surface area contributed by atoms with Crippen LogP contribution in [0.2, 0.25) is 5.02 Å². The molecule has 0 fully saturated rings. The van der Waals surface area contributed by atoms with Gasteiger partial charge in [-0.3, -0.25) is 4.99 Å². The van der Waals surface area contributed by atoms with Crippen molar-refractivity contribution in [3.8, 4) is 5.75 Å². The van der Waals surface area contributed by atoms with Crippen LogP contribution in [0, 0.1) is 0 Å². The van der Waals surface area contributed by atoms with Crippen molar-refractivity contribution in [2.45, 2.75) is 39.2 Å². The molecule has 0 aliphatic carbocycles. The molecule has 150 valence electrons. The Labute approximate surface area is 182 Å². The minimum absolute atomic E-state index is 0. The number of ether oxygens (including phenoxy) is 1. The van der Waals surface area contributed by atoms with E-state index in [1.54, 1.807) is 14.2 Å². The molecular formula is C18H27ClIN5O2. The predicted molar refractivity (Wildman–Crippen MR) is 118 cm³/mol. The van der Waals surface area contributed by atoms with Crippen molar-refractivity contribution < 1.29 is 9.26 Å². The lowest BCUT2D eigenvalue weighted by atomic mass is 9.97. The molecule has 0 atom stereocenters. The lowest BCUT2D eigenvalue weighted by molar-refractivity contribution is 0.318. The normalized spacial score (nSPS) is 11.7. The average molecular weight is 508 g/mol. The molecule has 2 aromatic rings. The van der Waals surface area contributed by atoms with Gasteiger partial charge in [0.2, 0.25) is 5.89 Å². The third-order valence-electron chi connectivity index (χ3n) is 3.69. The third-order valence-corrected chi connectivity index (χ3v) is 4.05. The summed E-state index contributed by atoms with van der Waals surface area (Å²) in [6, 6.07) is 5.68. The summed E-state index contributed by atoms with van der Waals surface area (Å²) in [5.74, 6) is 2.62. The molecule has 1 aromatic carbocycles. The molecule has 0 saturated heterocycles. The Balaban J connectivity index is 0.00000364. The summed E-state index contributed by atoms with van der Waals surface area (Å²) in [4.78, 5) is 8.59. The van der Waals surface area contributed by atoms with Crippen LogP contribution >= 0.6 is 35.6 Å². The molecule has 7 nitrogen and oxygen atoms in total. The second-order valence-electron chi connectivity index (χ2n) is 6.83. The molecule has 2 N–H and O–H groups in total. The first-order valence-electron chi connectivity index (χ1n) is 8.43. The highest BCUT2D eigenvalue weighted by atomic mass is 127. The lowest BCUT2D eigenvalue weighted by Crippen LogP contribution is -2.38. The van der Waals surface area contributed by atoms with E-state index in [1.165, 1.54) is 0 Å². The van der Waals surface area contributed by atoms with Gasteiger partial charge >= 0.3 is 0 Å². The van der Waals surface area contributed by atoms with Crippen LogP contribution in [0.5, 0.6) is 5.75 Å². The van der Waals surface area contributed by atoms with Gasteiger partial charge in [0, 0.05) is 24.0 Å². The highest BCUT2D eigenvalue weighted by Gasteiger charge is 2.21. The topological polar surface area (TPSA) is 84.6 Å². The van der Waals surface area contributed by atoms with Gasteiger partial charge in [0.1, 0.15) is 5.75 Å². The molecule has 1 heterocycles. The second-order valence-corrected chi connectivity index (χ2v) is 7.23. The molecule has 9 heteroatoms. The number of hydrogen-bond donors (Lipinski definition) is 2. The number of nitrogens with zero attached hydrogens (tertiary/aromatic N) is 3. The van der Waals surface area contributed by atoms with Crippen LogP contribution in [-0.2, 0) is 18.4 Å². The minimum atomic E-state index is -0.164. The summed E-state index contributed by atoms with van der Waals surface area (Å²) in [6.07, 6.45) is 0.764. The Morgan fingerprint density at radius 3 is 2.59 bits per heavy atom. The zero-order valence-corrected chi connectivity index (χ0v) is 19.4. The first-order chi connectivity index (χ1) is 12.3. The Morgan fingerprint density at radius 1 is 1.30 bits per heavy atom. The fourth-order valence-electron chi connectivity index (χ4n) is 2.19. The van der Waals surface area contributed by atoms with Crippen LogP contribution in [0.4, 0.5) is 0 Å². The smallest absolute Gasteiger partial charge is 0.232 e. The maximum Gasteiger partial charge on any atom is 0.232 e. The Kier molecular flexibility index (Phi) is 9.31. The number of aromatic nitrogens is 2. The second kappa shape index (κ2) is 10.7. The number of methoxy groups -OCH3 is 1. The fraction of sp³-hybridized carbons (Fsp3) is 0.500. The third kappa shape index (κ3) is 7.17. The monoisotopic (exact) mass is 507 g/mol. The zero-order valence-electron chi connectivity index (χ0n) is 16.3. The molecule has 0 unspecified atom stereocenters. The number of benzene rings is 1. The molecular weight excluding hydrogens is 481 g/mol. The standard InChI is InChI=1S/C18H26ClN5O2.HI/c1-18(2,3)16-23-15(24-26-16)11-22-17(20-4)21-9-8-12-6-7-13(25-5)10-14(12)19;/h6-7,10H,8-9,11H2,1-5H3,(H2,20,21,22);1H. The summed E-state index contributed by atoms with van der Waals surface area (Å²) in [5.41, 5.74) is 0.881. The number of rotatable bonds is 6. The van der Waals surface area contributed by atoms with Gasteiger partial charge in [0.15, 0.2) is 11.8 Å². The molecule has 2 rings (SSSR count). The van der Waals surface area contributed by atoms with Crippen LogP contribution in [-0.4, -0.2) is 36.8 Å². The van der Waals surface area contributed by atoms with Gasteiger partial charge < -0.3 is 19.9 Å². The Hall–Kier alpha value is -1.55. The van der Waals surface area contributed by atoms with E-state index in [-0.39, 0.29) is 29.4 Å². The molecule has 0 spiro atoms. The van der Waals surface area contributed by atoms with E-state index in [1.807, 2.05) is 39.0 Å². The summed E-state index contributed by atoms with van der Waals surface area (Å²) < 4.78 is 10.4. The van der Waals surface area contributed by atoms with Gasteiger partial charge in [0.25, 0.3) is 0 Å².